The maximum Gasteiger partial charge on any atom is 0.331 e. The fourth-order valence-corrected chi connectivity index (χ4v) is 4.48. The third-order valence-electron chi connectivity index (χ3n) is 6.10. The average Bonchev–Trinajstić information content (AvgIpc) is 2.92. The first-order chi connectivity index (χ1) is 16.8. The second-order valence-electron chi connectivity index (χ2n) is 8.33. The first-order valence-corrected chi connectivity index (χ1v) is 11.6. The molecule has 0 atom stereocenters. The van der Waals surface area contributed by atoms with E-state index in [1.54, 1.807) is 6.20 Å². The molecule has 0 aliphatic carbocycles. The smallest absolute Gasteiger partial charge is 0.331 e. The van der Waals surface area contributed by atoms with Gasteiger partial charge in [0.1, 0.15) is 0 Å². The van der Waals surface area contributed by atoms with Crippen molar-refractivity contribution in [2.75, 3.05) is 4.81 Å². The van der Waals surface area contributed by atoms with Gasteiger partial charge in [0.15, 0.2) is 0 Å². The summed E-state index contributed by atoms with van der Waals surface area (Å²) < 4.78 is 0. The molecule has 1 heterocycles. The number of hydrogen-bond acceptors (Lipinski definition) is 2. The highest BCUT2D eigenvalue weighted by atomic mass is 16.2. The van der Waals surface area contributed by atoms with Gasteiger partial charge in [-0.25, -0.2) is 0 Å². The standard InChI is InChI=1S/C30H25BN2O/c34-29(22-21-24-12-4-1-5-13-24)33(28-20-10-14-25-15-11-23-32-30(25)28)31(26-16-6-2-7-17-26)27-18-8-3-9-19-27/h1-20,23H,21-22H2. The minimum absolute atomic E-state index is 0.0692. The number of benzene rings is 4. The predicted molar refractivity (Wildman–Crippen MR) is 142 cm³/mol. The number of rotatable bonds is 7. The van der Waals surface area contributed by atoms with Crippen molar-refractivity contribution in [3.05, 3.63) is 133 Å². The molecule has 0 N–H and O–H groups in total. The van der Waals surface area contributed by atoms with Crippen molar-refractivity contribution in [1.82, 2.24) is 4.98 Å². The van der Waals surface area contributed by atoms with Gasteiger partial charge in [0, 0.05) is 18.0 Å². The molecular formula is C30H25BN2O. The summed E-state index contributed by atoms with van der Waals surface area (Å²) in [6.07, 6.45) is 2.88. The molecule has 1 aromatic heterocycles. The first kappa shape index (κ1) is 21.7. The van der Waals surface area contributed by atoms with Gasteiger partial charge in [-0.1, -0.05) is 120 Å². The maximum absolute atomic E-state index is 14.0. The van der Waals surface area contributed by atoms with E-state index in [-0.39, 0.29) is 12.8 Å². The molecule has 0 bridgehead atoms. The minimum Gasteiger partial charge on any atom is -0.346 e. The van der Waals surface area contributed by atoms with Crippen molar-refractivity contribution < 1.29 is 4.79 Å². The molecule has 0 unspecified atom stereocenters. The number of para-hydroxylation sites is 1. The molecule has 0 radical (unpaired) electrons. The van der Waals surface area contributed by atoms with Gasteiger partial charge in [0.25, 0.3) is 0 Å². The summed E-state index contributed by atoms with van der Waals surface area (Å²) in [5.74, 6) is 0.0692. The third kappa shape index (κ3) is 4.62. The molecule has 0 aliphatic heterocycles. The van der Waals surface area contributed by atoms with Crippen molar-refractivity contribution in [3.8, 4) is 0 Å². The highest BCUT2D eigenvalue weighted by Crippen LogP contribution is 2.27. The number of nitrogens with zero attached hydrogens (tertiary/aromatic N) is 2. The Labute approximate surface area is 200 Å². The van der Waals surface area contributed by atoms with Crippen molar-refractivity contribution in [3.63, 3.8) is 0 Å². The van der Waals surface area contributed by atoms with Gasteiger partial charge in [0.05, 0.1) is 11.2 Å². The third-order valence-corrected chi connectivity index (χ3v) is 6.10. The molecular weight excluding hydrogens is 415 g/mol. The summed E-state index contributed by atoms with van der Waals surface area (Å²) >= 11 is 0. The number of amides is 1. The zero-order chi connectivity index (χ0) is 23.2. The monoisotopic (exact) mass is 440 g/mol. The van der Waals surface area contributed by atoms with Crippen LogP contribution in [-0.4, -0.2) is 17.7 Å². The normalized spacial score (nSPS) is 10.7. The van der Waals surface area contributed by atoms with Crippen molar-refractivity contribution in [2.45, 2.75) is 12.8 Å². The van der Waals surface area contributed by atoms with E-state index in [0.717, 1.165) is 33.1 Å². The lowest BCUT2D eigenvalue weighted by Gasteiger charge is -2.31. The van der Waals surface area contributed by atoms with Crippen molar-refractivity contribution >= 4 is 40.3 Å². The van der Waals surface area contributed by atoms with Gasteiger partial charge in [-0.2, -0.15) is 0 Å². The van der Waals surface area contributed by atoms with Gasteiger partial charge in [0.2, 0.25) is 5.91 Å². The van der Waals surface area contributed by atoms with E-state index in [2.05, 4.69) is 41.4 Å². The number of hydrogen-bond donors (Lipinski definition) is 0. The summed E-state index contributed by atoms with van der Waals surface area (Å²) in [6, 6.07) is 40.7. The highest BCUT2D eigenvalue weighted by molar-refractivity contribution is 6.90. The molecule has 0 fully saturated rings. The summed E-state index contributed by atoms with van der Waals surface area (Å²) in [5, 5.41) is 1.01. The number of aryl methyl sites for hydroxylation is 1. The Morgan fingerprint density at radius 3 is 1.91 bits per heavy atom. The molecule has 3 nitrogen and oxygen atoms in total. The molecule has 0 spiro atoms. The van der Waals surface area contributed by atoms with Crippen LogP contribution in [0.5, 0.6) is 0 Å². The Hall–Kier alpha value is -4.18. The number of carbonyl (C=O) groups is 1. The molecule has 5 rings (SSSR count). The molecule has 0 aliphatic rings. The molecule has 0 saturated carbocycles. The van der Waals surface area contributed by atoms with Crippen LogP contribution in [0.2, 0.25) is 0 Å². The van der Waals surface area contributed by atoms with E-state index in [0.29, 0.717) is 12.8 Å². The lowest BCUT2D eigenvalue weighted by molar-refractivity contribution is -0.117. The molecule has 0 saturated heterocycles. The van der Waals surface area contributed by atoms with Crippen LogP contribution in [0.1, 0.15) is 12.0 Å². The lowest BCUT2D eigenvalue weighted by atomic mass is 9.48. The zero-order valence-electron chi connectivity index (χ0n) is 18.9. The van der Waals surface area contributed by atoms with Crippen molar-refractivity contribution in [2.24, 2.45) is 0 Å². The van der Waals surface area contributed by atoms with E-state index >= 15 is 0 Å². The second kappa shape index (κ2) is 10.2. The molecule has 4 aromatic carbocycles. The Bertz CT molecular complexity index is 1330. The van der Waals surface area contributed by atoms with E-state index < -0.39 is 0 Å². The van der Waals surface area contributed by atoms with Crippen molar-refractivity contribution in [1.29, 1.82) is 0 Å². The van der Waals surface area contributed by atoms with Crippen LogP contribution in [0.3, 0.4) is 0 Å². The first-order valence-electron chi connectivity index (χ1n) is 11.6. The van der Waals surface area contributed by atoms with Crippen LogP contribution in [0.25, 0.3) is 10.9 Å². The fraction of sp³-hybridized carbons (Fsp3) is 0.0667. The minimum atomic E-state index is -0.265. The number of carbonyl (C=O) groups excluding carboxylic acids is 1. The predicted octanol–water partition coefficient (Wildman–Crippen LogP) is 5.01. The van der Waals surface area contributed by atoms with Gasteiger partial charge in [-0.15, -0.1) is 0 Å². The van der Waals surface area contributed by atoms with Crippen LogP contribution < -0.4 is 15.7 Å². The van der Waals surface area contributed by atoms with Crippen LogP contribution >= 0.6 is 0 Å². The van der Waals surface area contributed by atoms with Gasteiger partial charge in [-0.05, 0) is 24.1 Å². The van der Waals surface area contributed by atoms with E-state index in [1.165, 1.54) is 0 Å². The van der Waals surface area contributed by atoms with Crippen LogP contribution in [0.4, 0.5) is 5.69 Å². The second-order valence-corrected chi connectivity index (χ2v) is 8.33. The molecule has 164 valence electrons. The lowest BCUT2D eigenvalue weighted by Crippen LogP contribution is -2.59. The van der Waals surface area contributed by atoms with E-state index in [9.17, 15) is 4.79 Å². The van der Waals surface area contributed by atoms with Crippen LogP contribution in [0, 0.1) is 0 Å². The van der Waals surface area contributed by atoms with E-state index in [4.69, 9.17) is 0 Å². The SMILES string of the molecule is O=C(CCc1ccccc1)N(B(c1ccccc1)c1ccccc1)c1cccc2cccnc12. The zero-order valence-corrected chi connectivity index (χ0v) is 18.9. The fourth-order valence-electron chi connectivity index (χ4n) is 4.48. The maximum atomic E-state index is 14.0. The van der Waals surface area contributed by atoms with Crippen LogP contribution in [0.15, 0.2) is 128 Å². The molecule has 5 aromatic rings. The Kier molecular flexibility index (Phi) is 6.48. The average molecular weight is 440 g/mol. The van der Waals surface area contributed by atoms with Gasteiger partial charge >= 0.3 is 6.85 Å². The highest BCUT2D eigenvalue weighted by Gasteiger charge is 2.33. The Balaban J connectivity index is 1.65. The summed E-state index contributed by atoms with van der Waals surface area (Å²) in [6.45, 7) is -0.265. The summed E-state index contributed by atoms with van der Waals surface area (Å²) in [7, 11) is 0. The number of anilines is 1. The number of aromatic nitrogens is 1. The molecule has 4 heteroatoms. The van der Waals surface area contributed by atoms with Gasteiger partial charge < -0.3 is 4.81 Å². The number of fused-ring (bicyclic) bond motifs is 1. The molecule has 1 amide bonds. The summed E-state index contributed by atoms with van der Waals surface area (Å²) in [4.78, 5) is 20.7. The number of pyridine rings is 1. The molecule has 34 heavy (non-hydrogen) atoms. The Morgan fingerprint density at radius 1 is 0.676 bits per heavy atom. The summed E-state index contributed by atoms with van der Waals surface area (Å²) in [5.41, 5.74) is 4.94. The largest absolute Gasteiger partial charge is 0.346 e. The quantitative estimate of drug-likeness (QED) is 0.334. The Morgan fingerprint density at radius 2 is 1.26 bits per heavy atom. The topological polar surface area (TPSA) is 33.2 Å². The van der Waals surface area contributed by atoms with E-state index in [1.807, 2.05) is 89.7 Å². The van der Waals surface area contributed by atoms with Crippen LogP contribution in [-0.2, 0) is 11.2 Å². The van der Waals surface area contributed by atoms with Gasteiger partial charge in [-0.3, -0.25) is 9.78 Å².